The second kappa shape index (κ2) is 6.07. The second-order valence-corrected chi connectivity index (χ2v) is 6.50. The van der Waals surface area contributed by atoms with E-state index in [4.69, 9.17) is 0 Å². The minimum atomic E-state index is 1.02. The van der Waals surface area contributed by atoms with Crippen molar-refractivity contribution in [3.63, 3.8) is 0 Å². The fourth-order valence-electron chi connectivity index (χ4n) is 3.80. The van der Waals surface area contributed by atoms with Crippen LogP contribution in [0, 0.1) is 23.7 Å². The van der Waals surface area contributed by atoms with Gasteiger partial charge >= 0.3 is 0 Å². The molecule has 2 aliphatic rings. The van der Waals surface area contributed by atoms with Crippen molar-refractivity contribution in [2.45, 2.75) is 78.1 Å². The van der Waals surface area contributed by atoms with E-state index in [0.29, 0.717) is 0 Å². The summed E-state index contributed by atoms with van der Waals surface area (Å²) in [6, 6.07) is 0. The summed E-state index contributed by atoms with van der Waals surface area (Å²) in [5, 5.41) is 0. The van der Waals surface area contributed by atoms with Crippen molar-refractivity contribution in [2.24, 2.45) is 23.7 Å². The van der Waals surface area contributed by atoms with Crippen LogP contribution in [0.15, 0.2) is 0 Å². The van der Waals surface area contributed by atoms with E-state index in [1.165, 1.54) is 51.4 Å². The van der Waals surface area contributed by atoms with Gasteiger partial charge in [-0.2, -0.15) is 0 Å². The highest BCUT2D eigenvalue weighted by Gasteiger charge is 2.35. The van der Waals surface area contributed by atoms with Crippen molar-refractivity contribution in [2.75, 3.05) is 0 Å². The van der Waals surface area contributed by atoms with Gasteiger partial charge in [-0.15, -0.1) is 0 Å². The smallest absolute Gasteiger partial charge is 0.0383 e. The molecule has 0 aliphatic heterocycles. The quantitative estimate of drug-likeness (QED) is 0.563. The van der Waals surface area contributed by atoms with Gasteiger partial charge in [0.1, 0.15) is 0 Å². The Morgan fingerprint density at radius 3 is 2.38 bits per heavy atom. The maximum atomic E-state index is 2.52. The molecule has 2 fully saturated rings. The molecule has 2 saturated carbocycles. The third-order valence-electron chi connectivity index (χ3n) is 5.18. The van der Waals surface area contributed by atoms with E-state index in [1.807, 2.05) is 0 Å². The van der Waals surface area contributed by atoms with E-state index < -0.39 is 0 Å². The third-order valence-corrected chi connectivity index (χ3v) is 5.18. The molecular formula is C16H30. The van der Waals surface area contributed by atoms with Gasteiger partial charge in [0.25, 0.3) is 0 Å². The van der Waals surface area contributed by atoms with Crippen molar-refractivity contribution in [1.29, 1.82) is 0 Å². The molecule has 0 bridgehead atoms. The Morgan fingerprint density at radius 1 is 1.00 bits per heavy atom. The van der Waals surface area contributed by atoms with Crippen molar-refractivity contribution in [3.8, 4) is 0 Å². The predicted octanol–water partition coefficient (Wildman–Crippen LogP) is 5.42. The third kappa shape index (κ3) is 3.50. The van der Waals surface area contributed by atoms with Crippen molar-refractivity contribution in [1.82, 2.24) is 0 Å². The molecule has 3 unspecified atom stereocenters. The molecule has 3 atom stereocenters. The Balaban J connectivity index is 1.59. The van der Waals surface area contributed by atoms with Crippen LogP contribution in [0.2, 0.25) is 0 Å². The van der Waals surface area contributed by atoms with Gasteiger partial charge in [-0.05, 0) is 36.5 Å². The zero-order chi connectivity index (χ0) is 11.4. The van der Waals surface area contributed by atoms with Crippen LogP contribution in [0.1, 0.15) is 78.1 Å². The van der Waals surface area contributed by atoms with Gasteiger partial charge < -0.3 is 0 Å². The molecule has 0 aromatic rings. The molecule has 0 amide bonds. The van der Waals surface area contributed by atoms with E-state index in [0.717, 1.165) is 23.7 Å². The molecule has 0 spiro atoms. The van der Waals surface area contributed by atoms with Crippen molar-refractivity contribution >= 4 is 0 Å². The Bertz CT molecular complexity index is 190. The molecule has 2 rings (SSSR count). The molecule has 0 heteroatoms. The first kappa shape index (κ1) is 12.5. The Labute approximate surface area is 102 Å². The van der Waals surface area contributed by atoms with Gasteiger partial charge in [-0.1, -0.05) is 65.2 Å². The molecule has 2 aliphatic carbocycles. The largest absolute Gasteiger partial charge is 0.0654 e. The summed E-state index contributed by atoms with van der Waals surface area (Å²) in [4.78, 5) is 0. The molecule has 0 aromatic carbocycles. The average molecular weight is 222 g/mol. The summed E-state index contributed by atoms with van der Waals surface area (Å²) < 4.78 is 0. The minimum Gasteiger partial charge on any atom is -0.0654 e. The second-order valence-electron chi connectivity index (χ2n) is 6.50. The lowest BCUT2D eigenvalue weighted by Gasteiger charge is -2.27. The molecule has 16 heavy (non-hydrogen) atoms. The fraction of sp³-hybridized carbons (Fsp3) is 1.00. The van der Waals surface area contributed by atoms with Crippen molar-refractivity contribution in [3.05, 3.63) is 0 Å². The molecule has 0 aromatic heterocycles. The zero-order valence-electron chi connectivity index (χ0n) is 11.4. The summed E-state index contributed by atoms with van der Waals surface area (Å²) in [5.41, 5.74) is 0. The fourth-order valence-corrected chi connectivity index (χ4v) is 3.80. The van der Waals surface area contributed by atoms with Gasteiger partial charge in [0, 0.05) is 0 Å². The number of hydrogen-bond donors (Lipinski definition) is 0. The van der Waals surface area contributed by atoms with E-state index in [-0.39, 0.29) is 0 Å². The SMILES string of the molecule is CCCC1CC1CCC(C)C1CCCCC1. The van der Waals surface area contributed by atoms with Crippen LogP contribution >= 0.6 is 0 Å². The normalized spacial score (nSPS) is 32.6. The monoisotopic (exact) mass is 222 g/mol. The van der Waals surface area contributed by atoms with Gasteiger partial charge in [-0.25, -0.2) is 0 Å². The van der Waals surface area contributed by atoms with Gasteiger partial charge in [0.05, 0.1) is 0 Å². The van der Waals surface area contributed by atoms with Crippen LogP contribution in [0.4, 0.5) is 0 Å². The van der Waals surface area contributed by atoms with E-state index in [2.05, 4.69) is 13.8 Å². The highest BCUT2D eigenvalue weighted by Crippen LogP contribution is 2.46. The lowest BCUT2D eigenvalue weighted by molar-refractivity contribution is 0.245. The molecule has 0 heterocycles. The van der Waals surface area contributed by atoms with Gasteiger partial charge in [-0.3, -0.25) is 0 Å². The lowest BCUT2D eigenvalue weighted by Crippen LogP contribution is -2.15. The molecule has 94 valence electrons. The van der Waals surface area contributed by atoms with E-state index >= 15 is 0 Å². The Kier molecular flexibility index (Phi) is 4.73. The molecular weight excluding hydrogens is 192 g/mol. The lowest BCUT2D eigenvalue weighted by atomic mass is 9.79. The summed E-state index contributed by atoms with van der Waals surface area (Å²) in [6.07, 6.45) is 15.1. The topological polar surface area (TPSA) is 0 Å². The Hall–Kier alpha value is 0. The van der Waals surface area contributed by atoms with Crippen LogP contribution < -0.4 is 0 Å². The Morgan fingerprint density at radius 2 is 1.69 bits per heavy atom. The van der Waals surface area contributed by atoms with Crippen LogP contribution in [-0.4, -0.2) is 0 Å². The maximum Gasteiger partial charge on any atom is -0.0383 e. The first-order valence-electron chi connectivity index (χ1n) is 7.81. The number of rotatable bonds is 6. The van der Waals surface area contributed by atoms with Crippen LogP contribution in [-0.2, 0) is 0 Å². The summed E-state index contributed by atoms with van der Waals surface area (Å²) in [5.74, 6) is 4.36. The summed E-state index contributed by atoms with van der Waals surface area (Å²) >= 11 is 0. The highest BCUT2D eigenvalue weighted by atomic mass is 14.4. The van der Waals surface area contributed by atoms with Gasteiger partial charge in [0.15, 0.2) is 0 Å². The first-order valence-corrected chi connectivity index (χ1v) is 7.81. The zero-order valence-corrected chi connectivity index (χ0v) is 11.4. The molecule has 0 nitrogen and oxygen atoms in total. The van der Waals surface area contributed by atoms with E-state index in [1.54, 1.807) is 12.8 Å². The molecule has 0 saturated heterocycles. The minimum absolute atomic E-state index is 1.02. The van der Waals surface area contributed by atoms with Crippen LogP contribution in [0.25, 0.3) is 0 Å². The van der Waals surface area contributed by atoms with Crippen LogP contribution in [0.3, 0.4) is 0 Å². The highest BCUT2D eigenvalue weighted by molar-refractivity contribution is 4.86. The first-order chi connectivity index (χ1) is 7.81. The van der Waals surface area contributed by atoms with Crippen molar-refractivity contribution < 1.29 is 0 Å². The molecule has 0 radical (unpaired) electrons. The summed E-state index contributed by atoms with van der Waals surface area (Å²) in [7, 11) is 0. The average Bonchev–Trinajstić information content (AvgIpc) is 3.06. The van der Waals surface area contributed by atoms with Gasteiger partial charge in [0.2, 0.25) is 0 Å². The number of hydrogen-bond acceptors (Lipinski definition) is 0. The predicted molar refractivity (Wildman–Crippen MR) is 71.5 cm³/mol. The summed E-state index contributed by atoms with van der Waals surface area (Å²) in [6.45, 7) is 4.85. The van der Waals surface area contributed by atoms with E-state index in [9.17, 15) is 0 Å². The van der Waals surface area contributed by atoms with Crippen LogP contribution in [0.5, 0.6) is 0 Å². The maximum absolute atomic E-state index is 2.52. The molecule has 0 N–H and O–H groups in total. The standard InChI is InChI=1S/C16H30/c1-3-7-15-12-16(15)11-10-13(2)14-8-5-4-6-9-14/h13-16H,3-12H2,1-2H3.